The Hall–Kier alpha value is -0.890. The highest BCUT2D eigenvalue weighted by atomic mass is 32.2. The number of hydrogen-bond donors (Lipinski definition) is 3. The molecule has 0 radical (unpaired) electrons. The summed E-state index contributed by atoms with van der Waals surface area (Å²) in [7, 11) is 1.63. The van der Waals surface area contributed by atoms with Crippen LogP contribution in [0.25, 0.3) is 0 Å². The molecule has 0 aromatic rings. The Bertz CT molecular complexity index is 552. The molecule has 6 nitrogen and oxygen atoms in total. The van der Waals surface area contributed by atoms with Crippen molar-refractivity contribution >= 4 is 22.8 Å². The van der Waals surface area contributed by atoms with Crippen molar-refractivity contribution < 1.29 is 24.9 Å². The molecule has 27 heavy (non-hydrogen) atoms. The van der Waals surface area contributed by atoms with Crippen molar-refractivity contribution in [3.8, 4) is 0 Å². The largest absolute Gasteiger partial charge is 0.481 e. The van der Waals surface area contributed by atoms with Gasteiger partial charge in [0.15, 0.2) is 5.72 Å². The SMILES string of the molecule is CCCCCC(O)C=CC1C(O)CC2(OC)N=C(SCCCC(=O)O)CC12. The molecule has 5 unspecified atom stereocenters. The third-order valence-electron chi connectivity index (χ3n) is 5.51. The second kappa shape index (κ2) is 10.6. The first kappa shape index (κ1) is 22.4. The third kappa shape index (κ3) is 6.04. The number of rotatable bonds is 11. The minimum atomic E-state index is -0.778. The number of aliphatic carboxylic acids is 1. The molecule has 0 spiro atoms. The molecule has 154 valence electrons. The van der Waals surface area contributed by atoms with Gasteiger partial charge in [0.25, 0.3) is 0 Å². The second-order valence-electron chi connectivity index (χ2n) is 7.51. The predicted molar refractivity (Wildman–Crippen MR) is 108 cm³/mol. The van der Waals surface area contributed by atoms with E-state index >= 15 is 0 Å². The van der Waals surface area contributed by atoms with E-state index in [1.807, 2.05) is 12.2 Å². The van der Waals surface area contributed by atoms with Crippen LogP contribution in [0.5, 0.6) is 0 Å². The number of carbonyl (C=O) groups is 1. The van der Waals surface area contributed by atoms with Gasteiger partial charge in [-0.05, 0) is 18.6 Å². The number of unbranched alkanes of at least 4 members (excludes halogenated alkanes) is 2. The highest BCUT2D eigenvalue weighted by Crippen LogP contribution is 2.51. The van der Waals surface area contributed by atoms with Crippen molar-refractivity contribution in [2.45, 2.75) is 76.2 Å². The number of aliphatic hydroxyl groups excluding tert-OH is 2. The van der Waals surface area contributed by atoms with Crippen LogP contribution in [0.4, 0.5) is 0 Å². The average Bonchev–Trinajstić information content (AvgIpc) is 3.09. The molecule has 1 heterocycles. The number of carboxylic acid groups (broad SMARTS) is 1. The summed E-state index contributed by atoms with van der Waals surface area (Å²) in [4.78, 5) is 15.4. The van der Waals surface area contributed by atoms with Gasteiger partial charge in [-0.1, -0.05) is 38.3 Å². The number of aliphatic imine (C=N–C) groups is 1. The summed E-state index contributed by atoms with van der Waals surface area (Å²) in [5, 5.41) is 30.4. The summed E-state index contributed by atoms with van der Waals surface area (Å²) >= 11 is 1.59. The van der Waals surface area contributed by atoms with Gasteiger partial charge in [0, 0.05) is 38.2 Å². The smallest absolute Gasteiger partial charge is 0.303 e. The fourth-order valence-corrected chi connectivity index (χ4v) is 5.07. The van der Waals surface area contributed by atoms with Crippen LogP contribution in [0, 0.1) is 11.8 Å². The van der Waals surface area contributed by atoms with E-state index in [9.17, 15) is 15.0 Å². The Morgan fingerprint density at radius 2 is 2.22 bits per heavy atom. The first-order valence-electron chi connectivity index (χ1n) is 9.94. The maximum atomic E-state index is 10.6. The zero-order chi connectivity index (χ0) is 19.9. The second-order valence-corrected chi connectivity index (χ2v) is 8.68. The van der Waals surface area contributed by atoms with Crippen LogP contribution in [-0.2, 0) is 9.53 Å². The molecular weight excluding hydrogens is 366 g/mol. The van der Waals surface area contributed by atoms with Crippen molar-refractivity contribution in [2.24, 2.45) is 16.8 Å². The van der Waals surface area contributed by atoms with Gasteiger partial charge in [-0.15, -0.1) is 11.8 Å². The van der Waals surface area contributed by atoms with Crippen LogP contribution >= 0.6 is 11.8 Å². The number of thioether (sulfide) groups is 1. The standard InChI is InChI=1S/C20H33NO5S/c1-3-4-5-7-14(22)9-10-15-16-12-18(27-11-6-8-19(24)25)21-20(16,26-2)13-17(15)23/h9-10,14-17,22-23H,3-8,11-13H2,1-2H3,(H,24,25). The molecule has 0 saturated heterocycles. The number of hydrogen-bond acceptors (Lipinski definition) is 6. The molecule has 1 fully saturated rings. The summed E-state index contributed by atoms with van der Waals surface area (Å²) in [6.07, 6.45) is 8.69. The van der Waals surface area contributed by atoms with E-state index in [1.165, 1.54) is 0 Å². The van der Waals surface area contributed by atoms with Gasteiger partial charge in [-0.3, -0.25) is 4.79 Å². The summed E-state index contributed by atoms with van der Waals surface area (Å²) in [6, 6.07) is 0. The Morgan fingerprint density at radius 1 is 1.44 bits per heavy atom. The number of fused-ring (bicyclic) bond motifs is 1. The number of aliphatic hydroxyl groups is 2. The van der Waals surface area contributed by atoms with Gasteiger partial charge in [0.05, 0.1) is 17.3 Å². The van der Waals surface area contributed by atoms with E-state index in [2.05, 4.69) is 6.92 Å². The lowest BCUT2D eigenvalue weighted by Gasteiger charge is -2.25. The van der Waals surface area contributed by atoms with Crippen LogP contribution in [0.15, 0.2) is 17.1 Å². The minimum absolute atomic E-state index is 0.0542. The lowest BCUT2D eigenvalue weighted by atomic mass is 9.89. The fourth-order valence-electron chi connectivity index (χ4n) is 4.03. The molecule has 2 aliphatic rings. The van der Waals surface area contributed by atoms with Crippen molar-refractivity contribution in [3.63, 3.8) is 0 Å². The van der Waals surface area contributed by atoms with Crippen molar-refractivity contribution in [1.82, 2.24) is 0 Å². The average molecular weight is 400 g/mol. The predicted octanol–water partition coefficient (Wildman–Crippen LogP) is 3.22. The Balaban J connectivity index is 1.94. The molecule has 2 rings (SSSR count). The van der Waals surface area contributed by atoms with Gasteiger partial charge < -0.3 is 20.1 Å². The van der Waals surface area contributed by atoms with Crippen LogP contribution < -0.4 is 0 Å². The maximum absolute atomic E-state index is 10.6. The number of methoxy groups -OCH3 is 1. The van der Waals surface area contributed by atoms with Crippen LogP contribution in [0.3, 0.4) is 0 Å². The van der Waals surface area contributed by atoms with Crippen molar-refractivity contribution in [3.05, 3.63) is 12.2 Å². The van der Waals surface area contributed by atoms with Crippen LogP contribution in [-0.4, -0.2) is 57.1 Å². The molecule has 0 bridgehead atoms. The van der Waals surface area contributed by atoms with E-state index in [4.69, 9.17) is 14.8 Å². The van der Waals surface area contributed by atoms with Gasteiger partial charge in [-0.2, -0.15) is 0 Å². The van der Waals surface area contributed by atoms with E-state index in [-0.39, 0.29) is 18.3 Å². The molecule has 7 heteroatoms. The summed E-state index contributed by atoms with van der Waals surface area (Å²) < 4.78 is 5.73. The first-order valence-corrected chi connectivity index (χ1v) is 10.9. The van der Waals surface area contributed by atoms with E-state index < -0.39 is 23.9 Å². The van der Waals surface area contributed by atoms with Crippen LogP contribution in [0.2, 0.25) is 0 Å². The summed E-state index contributed by atoms with van der Waals surface area (Å²) in [6.45, 7) is 2.14. The monoisotopic (exact) mass is 399 g/mol. The zero-order valence-electron chi connectivity index (χ0n) is 16.3. The lowest BCUT2D eigenvalue weighted by Crippen LogP contribution is -2.31. The van der Waals surface area contributed by atoms with E-state index in [1.54, 1.807) is 18.9 Å². The van der Waals surface area contributed by atoms with E-state index in [0.717, 1.165) is 42.9 Å². The molecular formula is C20H33NO5S. The third-order valence-corrected chi connectivity index (χ3v) is 6.60. The molecule has 0 aromatic heterocycles. The Morgan fingerprint density at radius 3 is 2.89 bits per heavy atom. The number of carboxylic acids is 1. The molecule has 3 N–H and O–H groups in total. The van der Waals surface area contributed by atoms with Crippen molar-refractivity contribution in [2.75, 3.05) is 12.9 Å². The molecule has 0 amide bonds. The highest BCUT2D eigenvalue weighted by molar-refractivity contribution is 8.13. The maximum Gasteiger partial charge on any atom is 0.303 e. The van der Waals surface area contributed by atoms with Gasteiger partial charge in [-0.25, -0.2) is 4.99 Å². The van der Waals surface area contributed by atoms with E-state index in [0.29, 0.717) is 12.8 Å². The quantitative estimate of drug-likeness (QED) is 0.364. The fraction of sp³-hybridized carbons (Fsp3) is 0.800. The molecule has 5 atom stereocenters. The topological polar surface area (TPSA) is 99.4 Å². The minimum Gasteiger partial charge on any atom is -0.481 e. The number of ether oxygens (including phenoxy) is 1. The van der Waals surface area contributed by atoms with Gasteiger partial charge in [0.2, 0.25) is 0 Å². The summed E-state index contributed by atoms with van der Waals surface area (Å²) in [5.74, 6) is -0.0955. The molecule has 1 saturated carbocycles. The van der Waals surface area contributed by atoms with Crippen LogP contribution in [0.1, 0.15) is 58.3 Å². The lowest BCUT2D eigenvalue weighted by molar-refractivity contribution is -0.137. The molecule has 0 aromatic carbocycles. The Labute approximate surface area is 166 Å². The molecule has 1 aliphatic heterocycles. The highest BCUT2D eigenvalue weighted by Gasteiger charge is 2.56. The first-order chi connectivity index (χ1) is 12.9. The van der Waals surface area contributed by atoms with Gasteiger partial charge in [0.1, 0.15) is 0 Å². The molecule has 1 aliphatic carbocycles. The number of nitrogens with zero attached hydrogens (tertiary/aromatic N) is 1. The van der Waals surface area contributed by atoms with Gasteiger partial charge >= 0.3 is 5.97 Å². The Kier molecular flexibility index (Phi) is 8.79. The van der Waals surface area contributed by atoms with Crippen molar-refractivity contribution in [1.29, 1.82) is 0 Å². The normalized spacial score (nSPS) is 31.3. The zero-order valence-corrected chi connectivity index (χ0v) is 17.2. The summed E-state index contributed by atoms with van der Waals surface area (Å²) in [5.41, 5.74) is -0.698.